The molecule has 3 fully saturated rings. The SMILES string of the molecule is CC1(C)C[C@@H]2C(=O)C[C@H]1[C@H]([N+](=O)[O-])[C@H]2c1ccccc1. The van der Waals surface area contributed by atoms with Gasteiger partial charge >= 0.3 is 0 Å². The summed E-state index contributed by atoms with van der Waals surface area (Å²) in [5.74, 6) is -0.403. The van der Waals surface area contributed by atoms with Crippen LogP contribution in [0.2, 0.25) is 0 Å². The van der Waals surface area contributed by atoms with Crippen molar-refractivity contribution < 1.29 is 9.72 Å². The maximum absolute atomic E-state index is 12.3. The lowest BCUT2D eigenvalue weighted by Gasteiger charge is -2.51. The molecule has 0 aromatic heterocycles. The maximum atomic E-state index is 12.3. The molecule has 0 amide bonds. The zero-order valence-electron chi connectivity index (χ0n) is 11.8. The van der Waals surface area contributed by atoms with Gasteiger partial charge in [0, 0.05) is 23.2 Å². The van der Waals surface area contributed by atoms with Crippen molar-refractivity contribution in [1.29, 1.82) is 0 Å². The molecule has 4 rings (SSSR count). The molecule has 3 aliphatic rings. The third-order valence-corrected chi connectivity index (χ3v) is 5.23. The molecule has 0 spiro atoms. The van der Waals surface area contributed by atoms with Crippen LogP contribution in [0.25, 0.3) is 0 Å². The van der Waals surface area contributed by atoms with Crippen LogP contribution < -0.4 is 0 Å². The highest BCUT2D eigenvalue weighted by Gasteiger charge is 2.61. The lowest BCUT2D eigenvalue weighted by Crippen LogP contribution is -2.57. The molecule has 0 unspecified atom stereocenters. The molecule has 20 heavy (non-hydrogen) atoms. The van der Waals surface area contributed by atoms with Gasteiger partial charge in [-0.15, -0.1) is 0 Å². The van der Waals surface area contributed by atoms with E-state index in [4.69, 9.17) is 0 Å². The van der Waals surface area contributed by atoms with Crippen molar-refractivity contribution in [3.8, 4) is 0 Å². The van der Waals surface area contributed by atoms with Gasteiger partial charge in [0.1, 0.15) is 5.78 Å². The van der Waals surface area contributed by atoms with E-state index in [2.05, 4.69) is 13.8 Å². The van der Waals surface area contributed by atoms with Gasteiger partial charge in [0.15, 0.2) is 0 Å². The first kappa shape index (κ1) is 13.3. The zero-order valence-corrected chi connectivity index (χ0v) is 11.8. The number of benzene rings is 1. The summed E-state index contributed by atoms with van der Waals surface area (Å²) in [6.45, 7) is 4.13. The van der Waals surface area contributed by atoms with Crippen LogP contribution in [0.4, 0.5) is 0 Å². The maximum Gasteiger partial charge on any atom is 0.224 e. The van der Waals surface area contributed by atoms with Crippen LogP contribution in [0.15, 0.2) is 30.3 Å². The van der Waals surface area contributed by atoms with Gasteiger partial charge in [-0.3, -0.25) is 14.9 Å². The number of hydrogen-bond acceptors (Lipinski definition) is 3. The van der Waals surface area contributed by atoms with Crippen LogP contribution in [0, 0.1) is 27.4 Å². The molecule has 0 saturated heterocycles. The average molecular weight is 273 g/mol. The Balaban J connectivity index is 2.09. The van der Waals surface area contributed by atoms with E-state index >= 15 is 0 Å². The van der Waals surface area contributed by atoms with Crippen molar-refractivity contribution in [3.05, 3.63) is 46.0 Å². The summed E-state index contributed by atoms with van der Waals surface area (Å²) < 4.78 is 0. The van der Waals surface area contributed by atoms with E-state index in [1.165, 1.54) is 0 Å². The number of rotatable bonds is 2. The third kappa shape index (κ3) is 1.86. The van der Waals surface area contributed by atoms with Crippen LogP contribution in [-0.2, 0) is 4.79 Å². The molecule has 4 nitrogen and oxygen atoms in total. The van der Waals surface area contributed by atoms with E-state index in [-0.39, 0.29) is 33.9 Å². The smallest absolute Gasteiger partial charge is 0.224 e. The van der Waals surface area contributed by atoms with E-state index in [0.717, 1.165) is 12.0 Å². The summed E-state index contributed by atoms with van der Waals surface area (Å²) in [6.07, 6.45) is 1.13. The second kappa shape index (κ2) is 4.40. The van der Waals surface area contributed by atoms with Crippen molar-refractivity contribution in [2.75, 3.05) is 0 Å². The van der Waals surface area contributed by atoms with Crippen molar-refractivity contribution >= 4 is 5.78 Å². The lowest BCUT2D eigenvalue weighted by atomic mass is 9.50. The highest BCUT2D eigenvalue weighted by molar-refractivity contribution is 5.84. The van der Waals surface area contributed by atoms with Gasteiger partial charge < -0.3 is 0 Å². The normalized spacial score (nSPS) is 35.0. The molecule has 0 radical (unpaired) electrons. The van der Waals surface area contributed by atoms with Crippen molar-refractivity contribution in [1.82, 2.24) is 0 Å². The first-order chi connectivity index (χ1) is 9.42. The number of fused-ring (bicyclic) bond motifs is 3. The van der Waals surface area contributed by atoms with Gasteiger partial charge in [-0.1, -0.05) is 44.2 Å². The number of Topliss-reactive ketones (excluding diaryl/α,β-unsaturated/α-hetero) is 1. The number of carbonyl (C=O) groups is 1. The number of hydrogen-bond donors (Lipinski definition) is 0. The predicted molar refractivity (Wildman–Crippen MR) is 75.0 cm³/mol. The Morgan fingerprint density at radius 3 is 2.50 bits per heavy atom. The van der Waals surface area contributed by atoms with Crippen molar-refractivity contribution in [2.45, 2.75) is 38.6 Å². The van der Waals surface area contributed by atoms with Crippen LogP contribution in [-0.4, -0.2) is 16.7 Å². The standard InChI is InChI=1S/C16H19NO3/c1-16(2)9-11-13(18)8-12(16)15(17(19)20)14(11)10-6-4-3-5-7-10/h3-7,11-12,14-15H,8-9H2,1-2H3/t11-,12+,14+,15+/m1/s1. The fraction of sp³-hybridized carbons (Fsp3) is 0.562. The molecule has 3 saturated carbocycles. The third-order valence-electron chi connectivity index (χ3n) is 5.23. The fourth-order valence-corrected chi connectivity index (χ4v) is 4.26. The monoisotopic (exact) mass is 273 g/mol. The molecule has 0 heterocycles. The Morgan fingerprint density at radius 2 is 1.90 bits per heavy atom. The lowest BCUT2D eigenvalue weighted by molar-refractivity contribution is -0.547. The van der Waals surface area contributed by atoms with E-state index in [9.17, 15) is 14.9 Å². The molecule has 4 atom stereocenters. The first-order valence-electron chi connectivity index (χ1n) is 7.13. The Hall–Kier alpha value is -1.71. The van der Waals surface area contributed by atoms with Crippen molar-refractivity contribution in [3.63, 3.8) is 0 Å². The van der Waals surface area contributed by atoms with Gasteiger partial charge in [0.2, 0.25) is 6.04 Å². The van der Waals surface area contributed by atoms with Crippen LogP contribution in [0.1, 0.15) is 38.2 Å². The quantitative estimate of drug-likeness (QED) is 0.614. The second-order valence-electron chi connectivity index (χ2n) is 6.79. The van der Waals surface area contributed by atoms with E-state index in [0.29, 0.717) is 6.42 Å². The minimum Gasteiger partial charge on any atom is -0.299 e. The van der Waals surface area contributed by atoms with Gasteiger partial charge in [-0.2, -0.15) is 0 Å². The molecular weight excluding hydrogens is 254 g/mol. The highest BCUT2D eigenvalue weighted by Crippen LogP contribution is 2.56. The minimum atomic E-state index is -0.635. The molecule has 106 valence electrons. The molecule has 2 bridgehead atoms. The van der Waals surface area contributed by atoms with Crippen molar-refractivity contribution in [2.24, 2.45) is 17.3 Å². The summed E-state index contributed by atoms with van der Waals surface area (Å²) in [7, 11) is 0. The number of ketones is 1. The molecule has 1 aromatic carbocycles. The largest absolute Gasteiger partial charge is 0.299 e. The van der Waals surface area contributed by atoms with Gasteiger partial charge in [0.05, 0.1) is 5.92 Å². The van der Waals surface area contributed by atoms with Gasteiger partial charge in [-0.05, 0) is 17.4 Å². The minimum absolute atomic E-state index is 0.123. The predicted octanol–water partition coefficient (Wildman–Crippen LogP) is 3.05. The molecule has 0 aliphatic heterocycles. The Kier molecular flexibility index (Phi) is 2.92. The van der Waals surface area contributed by atoms with Crippen LogP contribution in [0.3, 0.4) is 0 Å². The molecule has 3 aliphatic carbocycles. The molecule has 1 aromatic rings. The highest BCUT2D eigenvalue weighted by atomic mass is 16.6. The fourth-order valence-electron chi connectivity index (χ4n) is 4.26. The second-order valence-corrected chi connectivity index (χ2v) is 6.79. The first-order valence-corrected chi connectivity index (χ1v) is 7.13. The van der Waals surface area contributed by atoms with E-state index < -0.39 is 6.04 Å². The topological polar surface area (TPSA) is 60.2 Å². The molecular formula is C16H19NO3. The van der Waals surface area contributed by atoms with Crippen LogP contribution in [0.5, 0.6) is 0 Å². The summed E-state index contributed by atoms with van der Waals surface area (Å²) in [5, 5.41) is 11.6. The van der Waals surface area contributed by atoms with Gasteiger partial charge in [0.25, 0.3) is 0 Å². The summed E-state index contributed by atoms with van der Waals surface area (Å²) in [4.78, 5) is 23.7. The average Bonchev–Trinajstić information content (AvgIpc) is 2.39. The number of nitro groups is 1. The molecule has 0 N–H and O–H groups in total. The Bertz CT molecular complexity index is 552. The number of nitrogens with zero attached hydrogens (tertiary/aromatic N) is 1. The zero-order chi connectivity index (χ0) is 14.5. The summed E-state index contributed by atoms with van der Waals surface area (Å²) in [5.41, 5.74) is 0.814. The van der Waals surface area contributed by atoms with Gasteiger partial charge in [-0.25, -0.2) is 0 Å². The van der Waals surface area contributed by atoms with Crippen LogP contribution >= 0.6 is 0 Å². The Morgan fingerprint density at radius 1 is 1.25 bits per heavy atom. The van der Waals surface area contributed by atoms with E-state index in [1.54, 1.807) is 0 Å². The number of carbonyl (C=O) groups excluding carboxylic acids is 1. The Labute approximate surface area is 118 Å². The van der Waals surface area contributed by atoms with E-state index in [1.807, 2.05) is 30.3 Å². The molecule has 4 heteroatoms. The summed E-state index contributed by atoms with van der Waals surface area (Å²) in [6, 6.07) is 8.89. The summed E-state index contributed by atoms with van der Waals surface area (Å²) >= 11 is 0.